The zero-order chi connectivity index (χ0) is 24.5. The Morgan fingerprint density at radius 2 is 1.50 bits per heavy atom. The van der Waals surface area contributed by atoms with Crippen molar-refractivity contribution in [2.45, 2.75) is 50.2 Å². The molecule has 180 valence electrons. The summed E-state index contributed by atoms with van der Waals surface area (Å²) in [6, 6.07) is 20.1. The van der Waals surface area contributed by atoms with E-state index in [2.05, 4.69) is 55.0 Å². The monoisotopic (exact) mass is 482 g/mol. The summed E-state index contributed by atoms with van der Waals surface area (Å²) in [5, 5.41) is 23.3. The van der Waals surface area contributed by atoms with Crippen LogP contribution in [0.25, 0.3) is 0 Å². The van der Waals surface area contributed by atoms with E-state index in [0.29, 0.717) is 0 Å². The molecular weight excluding hydrogens is 452 g/mol. The van der Waals surface area contributed by atoms with Gasteiger partial charge in [0.05, 0.1) is 12.2 Å². The largest absolute Gasteiger partial charge is 0.405 e. The lowest BCUT2D eigenvalue weighted by molar-refractivity contribution is -0.0195. The Balaban J connectivity index is 1.68. The number of hydrogen-bond donors (Lipinski definition) is 4. The van der Waals surface area contributed by atoms with Gasteiger partial charge in [0.2, 0.25) is 0 Å². The third-order valence-corrected chi connectivity index (χ3v) is 11.4. The number of ether oxygens (including phenoxy) is 1. The topological polar surface area (TPSA) is 125 Å². The second kappa shape index (κ2) is 9.44. The number of H-pyrrole nitrogens is 2. The van der Waals surface area contributed by atoms with Crippen LogP contribution in [-0.2, 0) is 9.16 Å². The minimum absolute atomic E-state index is 0.0171. The van der Waals surface area contributed by atoms with Crippen LogP contribution < -0.4 is 21.6 Å². The highest BCUT2D eigenvalue weighted by atomic mass is 28.4. The lowest BCUT2D eigenvalue weighted by atomic mass is 10.0. The lowest BCUT2D eigenvalue weighted by Gasteiger charge is -2.43. The molecule has 0 aliphatic carbocycles. The number of rotatable bonds is 6. The smallest absolute Gasteiger partial charge is 0.325 e. The van der Waals surface area contributed by atoms with Gasteiger partial charge in [-0.05, 0) is 15.4 Å². The molecule has 0 saturated carbocycles. The predicted molar refractivity (Wildman–Crippen MR) is 131 cm³/mol. The molecule has 1 saturated heterocycles. The SMILES string of the molecule is CC(C)(C)[Si](OC[C@H]1O[C@@H](c2c[nH]c(=O)[nH]c2=O)[C@H](O)[C@@H]1O)(c1ccccc1)c1ccccc1. The molecule has 0 unspecified atom stereocenters. The standard InChI is InChI=1S/C25H30N2O6Si/c1-25(2,3)34(16-10-6-4-7-11-16,17-12-8-5-9-13-17)32-15-19-20(28)21(29)22(33-19)18-14-26-24(31)27-23(18)30/h4-14,19-22,28-29H,15H2,1-3H3,(H2,26,27,30,31)/t19-,20-,21-,22+/m1/s1. The van der Waals surface area contributed by atoms with Gasteiger partial charge in [0.1, 0.15) is 24.4 Å². The van der Waals surface area contributed by atoms with Crippen LogP contribution in [0.1, 0.15) is 32.4 Å². The highest BCUT2D eigenvalue weighted by molar-refractivity contribution is 6.99. The second-order valence-corrected chi connectivity index (χ2v) is 13.9. The third kappa shape index (κ3) is 4.33. The average Bonchev–Trinajstić information content (AvgIpc) is 3.08. The van der Waals surface area contributed by atoms with Gasteiger partial charge >= 0.3 is 5.69 Å². The molecule has 3 aromatic rings. The number of benzene rings is 2. The maximum atomic E-state index is 12.2. The van der Waals surface area contributed by atoms with Crippen LogP contribution >= 0.6 is 0 Å². The van der Waals surface area contributed by atoms with Crippen LogP contribution in [0.15, 0.2) is 76.4 Å². The molecular formula is C25H30N2O6Si. The van der Waals surface area contributed by atoms with Crippen LogP contribution in [0.5, 0.6) is 0 Å². The maximum absolute atomic E-state index is 12.2. The van der Waals surface area contributed by atoms with Crippen LogP contribution in [0.4, 0.5) is 0 Å². The first-order valence-corrected chi connectivity index (χ1v) is 13.1. The molecule has 2 aromatic carbocycles. The van der Waals surface area contributed by atoms with Crippen molar-refractivity contribution in [3.05, 3.63) is 93.3 Å². The molecule has 8 nitrogen and oxygen atoms in total. The van der Waals surface area contributed by atoms with Crippen molar-refractivity contribution < 1.29 is 19.4 Å². The number of aliphatic hydroxyl groups is 2. The fourth-order valence-corrected chi connectivity index (χ4v) is 9.31. The van der Waals surface area contributed by atoms with Gasteiger partial charge in [-0.25, -0.2) is 4.79 Å². The first kappa shape index (κ1) is 24.3. The van der Waals surface area contributed by atoms with Crippen molar-refractivity contribution in [2.75, 3.05) is 6.61 Å². The van der Waals surface area contributed by atoms with Crippen molar-refractivity contribution in [3.63, 3.8) is 0 Å². The summed E-state index contributed by atoms with van der Waals surface area (Å²) in [4.78, 5) is 28.1. The Morgan fingerprint density at radius 1 is 0.941 bits per heavy atom. The van der Waals surface area contributed by atoms with Crippen molar-refractivity contribution in [1.29, 1.82) is 0 Å². The number of aromatic amines is 2. The van der Waals surface area contributed by atoms with Crippen LogP contribution in [-0.4, -0.2) is 53.4 Å². The van der Waals surface area contributed by atoms with E-state index in [1.165, 1.54) is 6.20 Å². The van der Waals surface area contributed by atoms with Gasteiger partial charge in [0.25, 0.3) is 13.9 Å². The van der Waals surface area contributed by atoms with Crippen LogP contribution in [0, 0.1) is 0 Å². The Morgan fingerprint density at radius 3 is 2.00 bits per heavy atom. The summed E-state index contributed by atoms with van der Waals surface area (Å²) < 4.78 is 12.7. The van der Waals surface area contributed by atoms with Crippen LogP contribution in [0.3, 0.4) is 0 Å². The summed E-state index contributed by atoms with van der Waals surface area (Å²) >= 11 is 0. The fraction of sp³-hybridized carbons (Fsp3) is 0.360. The second-order valence-electron chi connectivity index (χ2n) is 9.58. The van der Waals surface area contributed by atoms with E-state index in [1.807, 2.05) is 36.4 Å². The van der Waals surface area contributed by atoms with Gasteiger partial charge in [-0.1, -0.05) is 81.4 Å². The number of hydrogen-bond acceptors (Lipinski definition) is 6. The van der Waals surface area contributed by atoms with E-state index in [0.717, 1.165) is 10.4 Å². The van der Waals surface area contributed by atoms with E-state index in [4.69, 9.17) is 9.16 Å². The Kier molecular flexibility index (Phi) is 6.75. The molecule has 4 N–H and O–H groups in total. The van der Waals surface area contributed by atoms with Crippen LogP contribution in [0.2, 0.25) is 5.04 Å². The molecule has 0 bridgehead atoms. The Bertz CT molecular complexity index is 1180. The van der Waals surface area contributed by atoms with Crippen molar-refractivity contribution in [1.82, 2.24) is 9.97 Å². The summed E-state index contributed by atoms with van der Waals surface area (Å²) in [6.45, 7) is 6.44. The quantitative estimate of drug-likeness (QED) is 0.385. The van der Waals surface area contributed by atoms with Crippen molar-refractivity contribution >= 4 is 18.7 Å². The molecule has 0 radical (unpaired) electrons. The molecule has 1 aliphatic rings. The molecule has 4 atom stereocenters. The molecule has 34 heavy (non-hydrogen) atoms. The van der Waals surface area contributed by atoms with Gasteiger partial charge in [0, 0.05) is 6.20 Å². The zero-order valence-electron chi connectivity index (χ0n) is 19.4. The highest BCUT2D eigenvalue weighted by Gasteiger charge is 2.52. The molecule has 1 aromatic heterocycles. The predicted octanol–water partition coefficient (Wildman–Crippen LogP) is 0.802. The van der Waals surface area contributed by atoms with Gasteiger partial charge in [0.15, 0.2) is 0 Å². The van der Waals surface area contributed by atoms with Gasteiger partial charge in [-0.15, -0.1) is 0 Å². The number of aliphatic hydroxyl groups excluding tert-OH is 2. The molecule has 9 heteroatoms. The van der Waals surface area contributed by atoms with Gasteiger partial charge in [-0.2, -0.15) is 0 Å². The first-order chi connectivity index (χ1) is 16.1. The molecule has 1 fully saturated rings. The number of aromatic nitrogens is 2. The summed E-state index contributed by atoms with van der Waals surface area (Å²) in [6.07, 6.45) is -3.38. The molecule has 0 spiro atoms. The number of nitrogens with one attached hydrogen (secondary N) is 2. The molecule has 1 aliphatic heterocycles. The van der Waals surface area contributed by atoms with Crippen molar-refractivity contribution in [3.8, 4) is 0 Å². The zero-order valence-corrected chi connectivity index (χ0v) is 20.4. The summed E-state index contributed by atoms with van der Waals surface area (Å²) in [5.74, 6) is 0. The summed E-state index contributed by atoms with van der Waals surface area (Å²) in [5.41, 5.74) is -1.29. The first-order valence-electron chi connectivity index (χ1n) is 11.2. The highest BCUT2D eigenvalue weighted by Crippen LogP contribution is 2.38. The van der Waals surface area contributed by atoms with E-state index in [9.17, 15) is 19.8 Å². The maximum Gasteiger partial charge on any atom is 0.325 e. The Hall–Kier alpha value is -2.82. The lowest BCUT2D eigenvalue weighted by Crippen LogP contribution is -2.67. The fourth-order valence-electron chi connectivity index (χ4n) is 4.74. The minimum Gasteiger partial charge on any atom is -0.405 e. The van der Waals surface area contributed by atoms with Gasteiger partial charge in [-0.3, -0.25) is 9.78 Å². The van der Waals surface area contributed by atoms with E-state index in [1.54, 1.807) is 0 Å². The molecule has 4 rings (SSSR count). The molecule has 2 heterocycles. The van der Waals surface area contributed by atoms with E-state index in [-0.39, 0.29) is 17.2 Å². The van der Waals surface area contributed by atoms with E-state index >= 15 is 0 Å². The Labute approximate surface area is 198 Å². The summed E-state index contributed by atoms with van der Waals surface area (Å²) in [7, 11) is -2.88. The minimum atomic E-state index is -2.88. The third-order valence-electron chi connectivity index (χ3n) is 6.40. The van der Waals surface area contributed by atoms with E-state index < -0.39 is 44.0 Å². The van der Waals surface area contributed by atoms with Crippen molar-refractivity contribution in [2.24, 2.45) is 0 Å². The molecule has 0 amide bonds. The van der Waals surface area contributed by atoms with Gasteiger partial charge < -0.3 is 24.4 Å². The normalized spacial score (nSPS) is 23.2. The average molecular weight is 483 g/mol.